The fraction of sp³-hybridized carbons (Fsp3) is 0.333. The molecule has 2 saturated heterocycles. The molecule has 2 aromatic carbocycles. The average molecular weight is 545 g/mol. The van der Waals surface area contributed by atoms with Crippen LogP contribution in [0, 0.1) is 29.6 Å². The molecular formula is C30H28N2O8. The highest BCUT2D eigenvalue weighted by Crippen LogP contribution is 2.52. The highest BCUT2D eigenvalue weighted by Gasteiger charge is 2.63. The van der Waals surface area contributed by atoms with E-state index in [1.807, 2.05) is 0 Å². The molecule has 0 radical (unpaired) electrons. The van der Waals surface area contributed by atoms with Gasteiger partial charge in [0.05, 0.1) is 35.0 Å². The molecule has 4 amide bonds. The Balaban J connectivity index is 1.44. The molecule has 10 nitrogen and oxygen atoms in total. The number of rotatable bonds is 7. The first-order valence-electron chi connectivity index (χ1n) is 13.2. The van der Waals surface area contributed by atoms with Gasteiger partial charge in [-0.25, -0.2) is 9.80 Å². The second-order valence-corrected chi connectivity index (χ2v) is 9.99. The average Bonchev–Trinajstić information content (AvgIpc) is 3.35. The number of hydrogen-bond donors (Lipinski definition) is 0. The first-order chi connectivity index (χ1) is 19.2. The number of amides is 4. The van der Waals surface area contributed by atoms with Gasteiger partial charge in [0.25, 0.3) is 0 Å². The predicted octanol–water partition coefficient (Wildman–Crippen LogP) is 3.43. The molecule has 2 heterocycles. The van der Waals surface area contributed by atoms with Crippen molar-refractivity contribution in [1.29, 1.82) is 0 Å². The van der Waals surface area contributed by atoms with Gasteiger partial charge in [0.2, 0.25) is 23.6 Å². The molecule has 2 aliphatic heterocycles. The summed E-state index contributed by atoms with van der Waals surface area (Å²) in [6, 6.07) is 12.3. The van der Waals surface area contributed by atoms with E-state index in [0.717, 1.165) is 9.80 Å². The van der Waals surface area contributed by atoms with Crippen LogP contribution in [0.3, 0.4) is 0 Å². The summed E-state index contributed by atoms with van der Waals surface area (Å²) >= 11 is 0. The highest BCUT2D eigenvalue weighted by molar-refractivity contribution is 6.25. The fourth-order valence-corrected chi connectivity index (χ4v) is 5.94. The van der Waals surface area contributed by atoms with Crippen LogP contribution >= 0.6 is 0 Å². The topological polar surface area (TPSA) is 127 Å². The van der Waals surface area contributed by atoms with Gasteiger partial charge in [0.1, 0.15) is 11.5 Å². The van der Waals surface area contributed by atoms with E-state index in [0.29, 0.717) is 0 Å². The van der Waals surface area contributed by atoms with Crippen molar-refractivity contribution >= 4 is 46.9 Å². The van der Waals surface area contributed by atoms with Crippen molar-refractivity contribution < 1.29 is 38.2 Å². The third-order valence-electron chi connectivity index (χ3n) is 7.75. The monoisotopic (exact) mass is 544 g/mol. The summed E-state index contributed by atoms with van der Waals surface area (Å²) in [6.45, 7) is 7.16. The van der Waals surface area contributed by atoms with Crippen molar-refractivity contribution in [2.75, 3.05) is 9.80 Å². The molecule has 0 bridgehead atoms. The van der Waals surface area contributed by atoms with E-state index in [1.165, 1.54) is 18.2 Å². The summed E-state index contributed by atoms with van der Waals surface area (Å²) in [5.41, 5.74) is 0.494. The summed E-state index contributed by atoms with van der Waals surface area (Å²) in [7, 11) is 0. The van der Waals surface area contributed by atoms with Crippen molar-refractivity contribution in [3.8, 4) is 11.5 Å². The Kier molecular flexibility index (Phi) is 7.10. The molecule has 206 valence electrons. The Morgan fingerprint density at radius 2 is 1.20 bits per heavy atom. The minimum atomic E-state index is -0.873. The molecular weight excluding hydrogens is 516 g/mol. The van der Waals surface area contributed by atoms with Crippen molar-refractivity contribution in [1.82, 2.24) is 0 Å². The Morgan fingerprint density at radius 3 is 1.57 bits per heavy atom. The number of benzene rings is 2. The van der Waals surface area contributed by atoms with E-state index in [9.17, 15) is 28.8 Å². The number of imide groups is 2. The molecule has 2 aromatic rings. The van der Waals surface area contributed by atoms with Crippen LogP contribution < -0.4 is 19.3 Å². The maximum absolute atomic E-state index is 13.7. The Hall–Kier alpha value is -4.60. The van der Waals surface area contributed by atoms with Crippen LogP contribution in [0.1, 0.15) is 33.1 Å². The lowest BCUT2D eigenvalue weighted by Gasteiger charge is -2.35. The van der Waals surface area contributed by atoms with Gasteiger partial charge >= 0.3 is 11.9 Å². The van der Waals surface area contributed by atoms with Crippen molar-refractivity contribution in [3.05, 3.63) is 61.2 Å². The minimum Gasteiger partial charge on any atom is -0.426 e. The van der Waals surface area contributed by atoms with Crippen LogP contribution in [0.4, 0.5) is 11.4 Å². The van der Waals surface area contributed by atoms with E-state index in [4.69, 9.17) is 9.47 Å². The second-order valence-electron chi connectivity index (χ2n) is 9.99. The molecule has 4 atom stereocenters. The lowest BCUT2D eigenvalue weighted by Crippen LogP contribution is -2.42. The number of esters is 2. The van der Waals surface area contributed by atoms with Gasteiger partial charge in [-0.3, -0.25) is 28.8 Å². The number of carbonyl (C=O) groups excluding carboxylic acids is 6. The Bertz CT molecular complexity index is 1350. The third kappa shape index (κ3) is 4.39. The van der Waals surface area contributed by atoms with Crippen LogP contribution in [-0.2, 0) is 28.8 Å². The van der Waals surface area contributed by atoms with Gasteiger partial charge in [-0.2, -0.15) is 0 Å². The smallest absolute Gasteiger partial charge is 0.310 e. The Morgan fingerprint density at radius 1 is 0.775 bits per heavy atom. The molecule has 10 heteroatoms. The standard InChI is InChI=1S/C30H28N2O8/c1-4-20-25-21(27(35)31(29(25)37)16-9-7-11-18(13-16)39-23(33)5-2)15-22-26(20)30(38)32(28(22)36)17-10-8-12-19(14-17)40-24(34)6-3/h4,7-14,20-22,25-26H,1,5-6,15H2,2-3H3. The summed E-state index contributed by atoms with van der Waals surface area (Å²) in [5, 5.41) is 0. The van der Waals surface area contributed by atoms with E-state index < -0.39 is 65.2 Å². The summed E-state index contributed by atoms with van der Waals surface area (Å²) in [4.78, 5) is 80.2. The zero-order valence-electron chi connectivity index (χ0n) is 22.1. The number of fused-ring (bicyclic) bond motifs is 2. The van der Waals surface area contributed by atoms with Gasteiger partial charge in [-0.05, 0) is 30.7 Å². The van der Waals surface area contributed by atoms with Crippen LogP contribution in [0.2, 0.25) is 0 Å². The molecule has 0 spiro atoms. The van der Waals surface area contributed by atoms with E-state index in [1.54, 1.807) is 50.2 Å². The molecule has 40 heavy (non-hydrogen) atoms. The maximum Gasteiger partial charge on any atom is 0.310 e. The number of anilines is 2. The maximum atomic E-state index is 13.7. The SMILES string of the molecule is C=CC1C2C(=O)N(c3cccc(OC(=O)CC)c3)C(=O)C2CC2C(=O)N(c3cccc(OC(=O)CC)c3)C(=O)C21. The molecule has 1 saturated carbocycles. The number of hydrogen-bond acceptors (Lipinski definition) is 8. The molecule has 5 rings (SSSR count). The zero-order chi connectivity index (χ0) is 28.7. The quantitative estimate of drug-likeness (QED) is 0.225. The highest BCUT2D eigenvalue weighted by atomic mass is 16.5. The van der Waals surface area contributed by atoms with Crippen molar-refractivity contribution in [3.63, 3.8) is 0 Å². The van der Waals surface area contributed by atoms with Crippen LogP contribution in [0.15, 0.2) is 61.2 Å². The summed E-state index contributed by atoms with van der Waals surface area (Å²) < 4.78 is 10.5. The summed E-state index contributed by atoms with van der Waals surface area (Å²) in [6.07, 6.45) is 1.83. The first-order valence-corrected chi connectivity index (χ1v) is 13.2. The van der Waals surface area contributed by atoms with Gasteiger partial charge in [0.15, 0.2) is 0 Å². The second kappa shape index (κ2) is 10.5. The van der Waals surface area contributed by atoms with E-state index in [2.05, 4.69) is 6.58 Å². The third-order valence-corrected chi connectivity index (χ3v) is 7.75. The Labute approximate surface area is 230 Å². The normalized spacial score (nSPS) is 25.5. The van der Waals surface area contributed by atoms with Crippen LogP contribution in [-0.4, -0.2) is 35.6 Å². The fourth-order valence-electron chi connectivity index (χ4n) is 5.94. The number of allylic oxidation sites excluding steroid dienone is 1. The molecule has 0 aromatic heterocycles. The molecule has 1 aliphatic carbocycles. The molecule has 3 aliphatic rings. The van der Waals surface area contributed by atoms with Crippen molar-refractivity contribution in [2.24, 2.45) is 29.6 Å². The minimum absolute atomic E-state index is 0.0246. The lowest BCUT2D eigenvalue weighted by molar-refractivity contribution is -0.134. The van der Waals surface area contributed by atoms with E-state index in [-0.39, 0.29) is 42.1 Å². The first kappa shape index (κ1) is 27.0. The molecule has 3 fully saturated rings. The van der Waals surface area contributed by atoms with E-state index >= 15 is 0 Å². The number of carbonyl (C=O) groups is 6. The van der Waals surface area contributed by atoms with Crippen LogP contribution in [0.5, 0.6) is 11.5 Å². The molecule has 4 unspecified atom stereocenters. The van der Waals surface area contributed by atoms with Gasteiger partial charge in [-0.1, -0.05) is 32.1 Å². The number of ether oxygens (including phenoxy) is 2. The largest absolute Gasteiger partial charge is 0.426 e. The van der Waals surface area contributed by atoms with Gasteiger partial charge < -0.3 is 9.47 Å². The summed E-state index contributed by atoms with van der Waals surface area (Å²) in [5.74, 6) is -6.63. The zero-order valence-corrected chi connectivity index (χ0v) is 22.1. The van der Waals surface area contributed by atoms with Gasteiger partial charge in [0, 0.05) is 30.9 Å². The van der Waals surface area contributed by atoms with Crippen LogP contribution in [0.25, 0.3) is 0 Å². The predicted molar refractivity (Wildman–Crippen MR) is 142 cm³/mol. The van der Waals surface area contributed by atoms with Gasteiger partial charge in [-0.15, -0.1) is 6.58 Å². The molecule has 0 N–H and O–H groups in total. The number of nitrogens with zero attached hydrogens (tertiary/aromatic N) is 2. The lowest BCUT2D eigenvalue weighted by atomic mass is 9.63. The van der Waals surface area contributed by atoms with Crippen molar-refractivity contribution in [2.45, 2.75) is 33.1 Å².